The highest BCUT2D eigenvalue weighted by Crippen LogP contribution is 2.46. The van der Waals surface area contributed by atoms with Gasteiger partial charge in [0.1, 0.15) is 0 Å². The number of aryl methyl sites for hydroxylation is 6. The maximum atomic E-state index is 6.37. The van der Waals surface area contributed by atoms with E-state index in [1.807, 2.05) is 55.4 Å². The second-order valence-electron chi connectivity index (χ2n) is 33.8. The summed E-state index contributed by atoms with van der Waals surface area (Å²) in [5.74, 6) is 0. The summed E-state index contributed by atoms with van der Waals surface area (Å²) in [5, 5.41) is 5.28. The third-order valence-corrected chi connectivity index (χ3v) is 25.1. The fourth-order valence-electron chi connectivity index (χ4n) is 14.9. The van der Waals surface area contributed by atoms with Crippen LogP contribution in [0.25, 0.3) is 88.1 Å². The maximum Gasteiger partial charge on any atom is 0.494 e. The quantitative estimate of drug-likeness (QED) is 0.0659. The number of hydrogen-bond donors (Lipinski definition) is 0. The van der Waals surface area contributed by atoms with Crippen LogP contribution in [0.1, 0.15) is 198 Å². The van der Waals surface area contributed by atoms with E-state index in [0.717, 1.165) is 39.4 Å². The summed E-state index contributed by atoms with van der Waals surface area (Å²) in [6, 6.07) is 54.4. The third-order valence-electron chi connectivity index (χ3n) is 24.1. The number of halogens is 2. The van der Waals surface area contributed by atoms with Crippen LogP contribution in [0.2, 0.25) is 0 Å². The molecule has 0 amide bonds. The SMILES string of the molecule is CC1(C)OB(B2OC(C)(C)C(C)(C)O2)OC1(C)C.CCCCCCn1c2cc(-c3ccc(B4OC(C)(C)C(C)(C)O4)cc3C)ccc2c2ccc(-c3ccc(B4OC(C)(C)C(C)(C)O4)cc3C)cc21.CCCCCCn1c2cc(-c3ccc(Br)cc3C)ccc2c2ccc(-c3ccc(Br)cc3C)cc21. The molecular weight excluding hydrogens is 1420 g/mol. The van der Waals surface area contributed by atoms with Crippen molar-refractivity contribution in [3.63, 3.8) is 0 Å². The van der Waals surface area contributed by atoms with Gasteiger partial charge in [-0.25, -0.2) is 0 Å². The third kappa shape index (κ3) is 15.4. The van der Waals surface area contributed by atoms with Crippen molar-refractivity contribution in [1.29, 1.82) is 0 Å². The van der Waals surface area contributed by atoms with Crippen LogP contribution in [0.4, 0.5) is 0 Å². The molecule has 4 fully saturated rings. The number of unbranched alkanes of at least 4 members (excludes halogenated alkanes) is 6. The molecule has 10 aromatic rings. The molecule has 8 aromatic carbocycles. The highest BCUT2D eigenvalue weighted by atomic mass is 79.9. The van der Waals surface area contributed by atoms with Crippen molar-refractivity contribution in [2.24, 2.45) is 0 Å². The molecule has 0 saturated carbocycles. The lowest BCUT2D eigenvalue weighted by Gasteiger charge is -2.32. The molecule has 4 aliphatic rings. The van der Waals surface area contributed by atoms with E-state index < -0.39 is 14.0 Å². The zero-order valence-electron chi connectivity index (χ0n) is 66.2. The van der Waals surface area contributed by atoms with Crippen molar-refractivity contribution >= 4 is 115 Å². The van der Waals surface area contributed by atoms with Gasteiger partial charge in [-0.3, -0.25) is 0 Å². The summed E-state index contributed by atoms with van der Waals surface area (Å²) < 4.78 is 56.7. The lowest BCUT2D eigenvalue weighted by Crippen LogP contribution is -2.41. The number of fused-ring (bicyclic) bond motifs is 6. The number of benzene rings is 8. The van der Waals surface area contributed by atoms with E-state index in [1.54, 1.807) is 0 Å². The van der Waals surface area contributed by atoms with Crippen molar-refractivity contribution < 1.29 is 37.2 Å². The molecule has 6 heterocycles. The van der Waals surface area contributed by atoms with Gasteiger partial charge in [-0.05, 0) is 278 Å². The number of nitrogens with zero attached hydrogens (tertiary/aromatic N) is 2. The van der Waals surface area contributed by atoms with Crippen LogP contribution in [0, 0.1) is 27.7 Å². The van der Waals surface area contributed by atoms with Crippen LogP contribution in [-0.4, -0.2) is 82.2 Å². The van der Waals surface area contributed by atoms with Gasteiger partial charge >= 0.3 is 28.3 Å². The van der Waals surface area contributed by atoms with Crippen LogP contribution in [0.3, 0.4) is 0 Å². The van der Waals surface area contributed by atoms with E-state index in [-0.39, 0.29) is 59.0 Å². The minimum Gasteiger partial charge on any atom is -0.405 e. The first kappa shape index (κ1) is 77.9. The van der Waals surface area contributed by atoms with Crippen molar-refractivity contribution in [2.75, 3.05) is 0 Å². The molecular formula is C88H110B4Br2N2O8. The highest BCUT2D eigenvalue weighted by molar-refractivity contribution is 9.10. The molecule has 0 radical (unpaired) electrons. The van der Waals surface area contributed by atoms with Crippen LogP contribution < -0.4 is 10.9 Å². The minimum atomic E-state index is -0.476. The Labute approximate surface area is 639 Å². The molecule has 0 bridgehead atoms. The van der Waals surface area contributed by atoms with Crippen LogP contribution in [-0.2, 0) is 50.3 Å². The Morgan fingerprint density at radius 3 is 0.788 bits per heavy atom. The molecule has 0 spiro atoms. The van der Waals surface area contributed by atoms with E-state index in [4.69, 9.17) is 37.2 Å². The molecule has 16 heteroatoms. The Balaban J connectivity index is 0.000000165. The van der Waals surface area contributed by atoms with Gasteiger partial charge in [-0.15, -0.1) is 0 Å². The Kier molecular flexibility index (Phi) is 22.2. The molecule has 2 aromatic heterocycles. The average molecular weight is 1530 g/mol. The summed E-state index contributed by atoms with van der Waals surface area (Å²) >= 11 is 7.23. The first-order chi connectivity index (χ1) is 48.9. The number of aromatic nitrogens is 2. The lowest BCUT2D eigenvalue weighted by atomic mass is 9.49. The van der Waals surface area contributed by atoms with Gasteiger partial charge in [0.15, 0.2) is 0 Å². The van der Waals surface area contributed by atoms with Gasteiger partial charge < -0.3 is 46.4 Å². The first-order valence-corrected chi connectivity index (χ1v) is 39.7. The Hall–Kier alpha value is -5.74. The molecule has 104 heavy (non-hydrogen) atoms. The fourth-order valence-corrected chi connectivity index (χ4v) is 15.9. The molecule has 0 aliphatic carbocycles. The van der Waals surface area contributed by atoms with E-state index >= 15 is 0 Å². The average Bonchev–Trinajstić information content (AvgIpc) is 1.62. The smallest absolute Gasteiger partial charge is 0.405 e. The zero-order chi connectivity index (χ0) is 75.0. The predicted octanol–water partition coefficient (Wildman–Crippen LogP) is 23.0. The second kappa shape index (κ2) is 29.7. The Morgan fingerprint density at radius 1 is 0.288 bits per heavy atom. The molecule has 546 valence electrons. The van der Waals surface area contributed by atoms with Crippen molar-refractivity contribution in [3.8, 4) is 44.5 Å². The second-order valence-corrected chi connectivity index (χ2v) is 35.7. The van der Waals surface area contributed by atoms with Gasteiger partial charge in [-0.1, -0.05) is 181 Å². The van der Waals surface area contributed by atoms with E-state index in [2.05, 4.69) is 284 Å². The van der Waals surface area contributed by atoms with Gasteiger partial charge in [0.25, 0.3) is 0 Å². The highest BCUT2D eigenvalue weighted by Gasteiger charge is 2.64. The van der Waals surface area contributed by atoms with Crippen LogP contribution in [0.5, 0.6) is 0 Å². The minimum absolute atomic E-state index is 0.360. The maximum absolute atomic E-state index is 6.37. The summed E-state index contributed by atoms with van der Waals surface area (Å²) in [6.45, 7) is 48.4. The molecule has 0 atom stereocenters. The van der Waals surface area contributed by atoms with Crippen molar-refractivity contribution in [1.82, 2.24) is 9.13 Å². The van der Waals surface area contributed by atoms with E-state index in [1.165, 1.54) is 155 Å². The normalized spacial score (nSPS) is 18.8. The predicted molar refractivity (Wildman–Crippen MR) is 447 cm³/mol. The van der Waals surface area contributed by atoms with Crippen LogP contribution in [0.15, 0.2) is 155 Å². The number of rotatable bonds is 17. The van der Waals surface area contributed by atoms with Gasteiger partial charge in [-0.2, -0.15) is 0 Å². The largest absolute Gasteiger partial charge is 0.494 e. The standard InChI is InChI=1S/C44H55B2NO4.C32H31Br2N.C12H24B2O4/c1-12-13-14-15-24-47-39-27-31(35-22-18-33(25-29(35)2)45-48-41(4,5)42(6,7)49-45)16-20-37(39)38-21-17-32(28-40(38)47)36-23-19-34(26-30(36)3)46-50-43(8,9)44(10,11)51-46;1-4-5-6-7-16-35-31-19-23(27-14-10-25(33)17-21(27)2)8-12-29(31)30-13-9-24(20-32(30)35)28-15-11-26(34)18-22(28)3;1-9(2)10(3,4)16-13(15-9)14-17-11(5,6)12(7,8)18-14/h16-23,25-28H,12-15,24H2,1-11H3;8-15,17-20H,4-7,16H2,1-3H3;1-8H3. The summed E-state index contributed by atoms with van der Waals surface area (Å²) in [6.07, 6.45) is 9.91. The molecule has 10 nitrogen and oxygen atoms in total. The van der Waals surface area contributed by atoms with Gasteiger partial charge in [0, 0.05) is 65.6 Å². The molecule has 14 rings (SSSR count). The number of hydrogen-bond acceptors (Lipinski definition) is 8. The summed E-state index contributed by atoms with van der Waals surface area (Å²) in [4.78, 5) is 0. The summed E-state index contributed by atoms with van der Waals surface area (Å²) in [5.41, 5.74) is 19.6. The first-order valence-electron chi connectivity index (χ1n) is 38.2. The van der Waals surface area contributed by atoms with Crippen LogP contribution >= 0.6 is 31.9 Å². The molecule has 0 unspecified atom stereocenters. The molecule has 4 aliphatic heterocycles. The zero-order valence-corrected chi connectivity index (χ0v) is 69.3. The molecule has 0 N–H and O–H groups in total. The lowest BCUT2D eigenvalue weighted by molar-refractivity contribution is 0.00578. The Bertz CT molecular complexity index is 4490. The Morgan fingerprint density at radius 2 is 0.538 bits per heavy atom. The monoisotopic (exact) mass is 1520 g/mol. The van der Waals surface area contributed by atoms with Crippen molar-refractivity contribution in [3.05, 3.63) is 177 Å². The topological polar surface area (TPSA) is 83.7 Å². The van der Waals surface area contributed by atoms with Crippen molar-refractivity contribution in [2.45, 2.75) is 262 Å². The van der Waals surface area contributed by atoms with E-state index in [0.29, 0.717) is 0 Å². The summed E-state index contributed by atoms with van der Waals surface area (Å²) in [7, 11) is -1.69. The van der Waals surface area contributed by atoms with E-state index in [9.17, 15) is 0 Å². The van der Waals surface area contributed by atoms with Gasteiger partial charge in [0.2, 0.25) is 0 Å². The fraction of sp³-hybridized carbons (Fsp3) is 0.455. The van der Waals surface area contributed by atoms with Gasteiger partial charge in [0.05, 0.1) is 44.8 Å². The molecule has 4 saturated heterocycles.